The monoisotopic (exact) mass is 333 g/mol. The van der Waals surface area contributed by atoms with Gasteiger partial charge in [0.1, 0.15) is 0 Å². The molecular formula is C23H15N3. The molecule has 0 amide bonds. The van der Waals surface area contributed by atoms with Crippen molar-refractivity contribution < 1.29 is 0 Å². The van der Waals surface area contributed by atoms with Crippen molar-refractivity contribution in [3.05, 3.63) is 91.1 Å². The molecule has 0 spiro atoms. The average molecular weight is 333 g/mol. The molecule has 2 aromatic heterocycles. The molecule has 0 aliphatic rings. The Bertz CT molecular complexity index is 1220. The number of fused-ring (bicyclic) bond motifs is 3. The van der Waals surface area contributed by atoms with Gasteiger partial charge in [0, 0.05) is 22.7 Å². The molecule has 5 aromatic rings. The lowest BCUT2D eigenvalue weighted by molar-refractivity contribution is 1.29. The third kappa shape index (κ3) is 2.42. The Morgan fingerprint density at radius 1 is 0.500 bits per heavy atom. The molecule has 0 radical (unpaired) electrons. The van der Waals surface area contributed by atoms with Gasteiger partial charge in [0.2, 0.25) is 0 Å². The van der Waals surface area contributed by atoms with Crippen molar-refractivity contribution >= 4 is 21.9 Å². The average Bonchev–Trinajstić information content (AvgIpc) is 2.74. The van der Waals surface area contributed by atoms with Gasteiger partial charge in [-0.2, -0.15) is 0 Å². The van der Waals surface area contributed by atoms with E-state index >= 15 is 0 Å². The van der Waals surface area contributed by atoms with Crippen molar-refractivity contribution in [1.82, 2.24) is 15.0 Å². The van der Waals surface area contributed by atoms with Crippen LogP contribution in [-0.2, 0) is 0 Å². The minimum Gasteiger partial charge on any atom is -0.256 e. The van der Waals surface area contributed by atoms with Gasteiger partial charge in [-0.05, 0) is 24.3 Å². The van der Waals surface area contributed by atoms with Crippen LogP contribution < -0.4 is 0 Å². The van der Waals surface area contributed by atoms with E-state index in [1.54, 1.807) is 6.20 Å². The Morgan fingerprint density at radius 2 is 1.12 bits per heavy atom. The van der Waals surface area contributed by atoms with Crippen LogP contribution in [-0.4, -0.2) is 15.0 Å². The van der Waals surface area contributed by atoms with E-state index in [1.165, 1.54) is 0 Å². The molecule has 3 aromatic carbocycles. The quantitative estimate of drug-likeness (QED) is 0.400. The van der Waals surface area contributed by atoms with Crippen LogP contribution in [0.2, 0.25) is 0 Å². The maximum absolute atomic E-state index is 5.05. The van der Waals surface area contributed by atoms with Gasteiger partial charge in [-0.1, -0.05) is 60.7 Å². The molecule has 0 saturated carbocycles. The lowest BCUT2D eigenvalue weighted by Gasteiger charge is -2.11. The highest BCUT2D eigenvalue weighted by Crippen LogP contribution is 2.32. The maximum atomic E-state index is 5.05. The van der Waals surface area contributed by atoms with Gasteiger partial charge in [-0.15, -0.1) is 0 Å². The number of aromatic nitrogens is 3. The molecule has 0 N–H and O–H groups in total. The summed E-state index contributed by atoms with van der Waals surface area (Å²) in [5, 5.41) is 1.02. The molecule has 0 unspecified atom stereocenters. The topological polar surface area (TPSA) is 38.7 Å². The number of pyridine rings is 1. The standard InChI is InChI=1S/C23H15N3/c1-3-8-16(9-4-1)21-22(17-10-5-2-6-11-17)26-23-18-12-7-15-24-19(18)13-14-20(23)25-21/h1-15H. The van der Waals surface area contributed by atoms with Gasteiger partial charge in [0.05, 0.1) is 27.9 Å². The number of benzene rings is 3. The van der Waals surface area contributed by atoms with E-state index in [1.807, 2.05) is 54.6 Å². The molecule has 0 saturated heterocycles. The largest absolute Gasteiger partial charge is 0.256 e. The van der Waals surface area contributed by atoms with Crippen molar-refractivity contribution in [3.63, 3.8) is 0 Å². The van der Waals surface area contributed by atoms with Crippen LogP contribution >= 0.6 is 0 Å². The molecule has 0 bridgehead atoms. The van der Waals surface area contributed by atoms with Crippen molar-refractivity contribution in [2.75, 3.05) is 0 Å². The second kappa shape index (κ2) is 6.05. The zero-order valence-corrected chi connectivity index (χ0v) is 14.0. The second-order valence-electron chi connectivity index (χ2n) is 6.16. The Balaban J connectivity index is 1.90. The number of nitrogens with zero attached hydrogens (tertiary/aromatic N) is 3. The number of hydrogen-bond donors (Lipinski definition) is 0. The third-order valence-electron chi connectivity index (χ3n) is 4.51. The van der Waals surface area contributed by atoms with E-state index in [2.05, 4.69) is 35.3 Å². The van der Waals surface area contributed by atoms with E-state index in [0.717, 1.165) is 44.5 Å². The molecule has 0 atom stereocenters. The van der Waals surface area contributed by atoms with Crippen LogP contribution in [0, 0.1) is 0 Å². The van der Waals surface area contributed by atoms with Crippen molar-refractivity contribution in [2.45, 2.75) is 0 Å². The number of hydrogen-bond acceptors (Lipinski definition) is 3. The van der Waals surface area contributed by atoms with Gasteiger partial charge in [-0.25, -0.2) is 9.97 Å². The molecule has 122 valence electrons. The first-order valence-electron chi connectivity index (χ1n) is 8.56. The molecule has 5 rings (SSSR count). The highest BCUT2D eigenvalue weighted by atomic mass is 14.8. The fourth-order valence-electron chi connectivity index (χ4n) is 3.27. The zero-order chi connectivity index (χ0) is 17.3. The van der Waals surface area contributed by atoms with Gasteiger partial charge >= 0.3 is 0 Å². The van der Waals surface area contributed by atoms with Crippen molar-refractivity contribution in [3.8, 4) is 22.5 Å². The molecule has 0 aliphatic heterocycles. The lowest BCUT2D eigenvalue weighted by Crippen LogP contribution is -1.96. The first kappa shape index (κ1) is 14.7. The van der Waals surface area contributed by atoms with Crippen molar-refractivity contribution in [1.29, 1.82) is 0 Å². The first-order chi connectivity index (χ1) is 12.9. The molecule has 2 heterocycles. The first-order valence-corrected chi connectivity index (χ1v) is 8.56. The summed E-state index contributed by atoms with van der Waals surface area (Å²) in [5.41, 5.74) is 6.60. The number of rotatable bonds is 2. The van der Waals surface area contributed by atoms with Crippen LogP contribution in [0.5, 0.6) is 0 Å². The minimum atomic E-state index is 0.879. The molecule has 3 nitrogen and oxygen atoms in total. The smallest absolute Gasteiger partial charge is 0.0988 e. The molecule has 3 heteroatoms. The Kier molecular flexibility index (Phi) is 3.42. The Hall–Kier alpha value is -3.59. The summed E-state index contributed by atoms with van der Waals surface area (Å²) in [4.78, 5) is 14.5. The van der Waals surface area contributed by atoms with Crippen LogP contribution in [0.1, 0.15) is 0 Å². The lowest BCUT2D eigenvalue weighted by atomic mass is 10.0. The van der Waals surface area contributed by atoms with E-state index in [0.29, 0.717) is 0 Å². The molecule has 0 aliphatic carbocycles. The highest BCUT2D eigenvalue weighted by molar-refractivity contribution is 6.03. The van der Waals surface area contributed by atoms with E-state index in [-0.39, 0.29) is 0 Å². The van der Waals surface area contributed by atoms with Crippen LogP contribution in [0.25, 0.3) is 44.5 Å². The van der Waals surface area contributed by atoms with E-state index in [4.69, 9.17) is 9.97 Å². The van der Waals surface area contributed by atoms with E-state index in [9.17, 15) is 0 Å². The van der Waals surface area contributed by atoms with Crippen molar-refractivity contribution in [2.24, 2.45) is 0 Å². The van der Waals surface area contributed by atoms with Crippen LogP contribution in [0.3, 0.4) is 0 Å². The summed E-state index contributed by atoms with van der Waals surface area (Å²) in [5.74, 6) is 0. The van der Waals surface area contributed by atoms with Gasteiger partial charge in [-0.3, -0.25) is 4.98 Å². The van der Waals surface area contributed by atoms with Crippen LogP contribution in [0.15, 0.2) is 91.1 Å². The third-order valence-corrected chi connectivity index (χ3v) is 4.51. The van der Waals surface area contributed by atoms with Gasteiger partial charge in [0.15, 0.2) is 0 Å². The zero-order valence-electron chi connectivity index (χ0n) is 14.0. The minimum absolute atomic E-state index is 0.879. The van der Waals surface area contributed by atoms with E-state index < -0.39 is 0 Å². The normalized spacial score (nSPS) is 11.1. The Labute approximate surface area is 151 Å². The molecular weight excluding hydrogens is 318 g/mol. The predicted molar refractivity (Wildman–Crippen MR) is 106 cm³/mol. The maximum Gasteiger partial charge on any atom is 0.0988 e. The fraction of sp³-hybridized carbons (Fsp3) is 0. The fourth-order valence-corrected chi connectivity index (χ4v) is 3.27. The summed E-state index contributed by atoms with van der Waals surface area (Å²) >= 11 is 0. The molecule has 0 fully saturated rings. The van der Waals surface area contributed by atoms with Gasteiger partial charge < -0.3 is 0 Å². The summed E-state index contributed by atoms with van der Waals surface area (Å²) in [7, 11) is 0. The molecule has 26 heavy (non-hydrogen) atoms. The summed E-state index contributed by atoms with van der Waals surface area (Å²) < 4.78 is 0. The predicted octanol–water partition coefficient (Wildman–Crippen LogP) is 5.51. The van der Waals surface area contributed by atoms with Gasteiger partial charge in [0.25, 0.3) is 0 Å². The Morgan fingerprint density at radius 3 is 1.81 bits per heavy atom. The highest BCUT2D eigenvalue weighted by Gasteiger charge is 2.14. The second-order valence-corrected chi connectivity index (χ2v) is 6.16. The SMILES string of the molecule is c1ccc(-c2nc3ccc4ncccc4c3nc2-c2ccccc2)cc1. The summed E-state index contributed by atoms with van der Waals surface area (Å²) in [6.45, 7) is 0. The summed E-state index contributed by atoms with van der Waals surface area (Å²) in [6, 6.07) is 28.4. The summed E-state index contributed by atoms with van der Waals surface area (Å²) in [6.07, 6.45) is 1.80. The van der Waals surface area contributed by atoms with Crippen LogP contribution in [0.4, 0.5) is 0 Å².